The number of likely N-dealkylation sites (N-methyl/N-ethyl adjacent to an activating group) is 1. The maximum absolute atomic E-state index is 14.6. The molecule has 0 aromatic heterocycles. The van der Waals surface area contributed by atoms with Gasteiger partial charge in [0, 0.05) is 33.5 Å². The minimum atomic E-state index is -0.363. The highest BCUT2D eigenvalue weighted by Gasteiger charge is 2.29. The molecule has 2 aliphatic heterocycles. The van der Waals surface area contributed by atoms with Crippen molar-refractivity contribution in [3.63, 3.8) is 0 Å². The Morgan fingerprint density at radius 3 is 2.71 bits per heavy atom. The van der Waals surface area contributed by atoms with E-state index in [0.717, 1.165) is 35.7 Å². The zero-order valence-corrected chi connectivity index (χ0v) is 20.5. The Balaban J connectivity index is 1.47. The second-order valence-corrected chi connectivity index (χ2v) is 9.98. The van der Waals surface area contributed by atoms with E-state index < -0.39 is 0 Å². The highest BCUT2D eigenvalue weighted by Crippen LogP contribution is 2.42. The quantitative estimate of drug-likeness (QED) is 0.507. The molecule has 0 saturated carbocycles. The lowest BCUT2D eigenvalue weighted by atomic mass is 10.1. The molecule has 0 bridgehead atoms. The zero-order chi connectivity index (χ0) is 24.4. The van der Waals surface area contributed by atoms with Crippen LogP contribution in [-0.4, -0.2) is 42.4 Å². The molecule has 5 nitrogen and oxygen atoms in total. The van der Waals surface area contributed by atoms with Crippen LogP contribution in [0.3, 0.4) is 0 Å². The first-order valence-corrected chi connectivity index (χ1v) is 12.8. The molecule has 1 atom stereocenters. The van der Waals surface area contributed by atoms with E-state index >= 15 is 0 Å². The number of nitrogens with zero attached hydrogens (tertiary/aromatic N) is 2. The van der Waals surface area contributed by atoms with Crippen molar-refractivity contribution in [3.05, 3.63) is 89.2 Å². The maximum Gasteiger partial charge on any atom is 0.259 e. The molecule has 0 radical (unpaired) electrons. The third-order valence-corrected chi connectivity index (χ3v) is 7.93. The SMILES string of the molecule is CCN1CCC[C@@H]1CNC(=O)c1ccc2c(c1)N(Cc1ccccc1F)C(=O)c1ccccc1S2. The van der Waals surface area contributed by atoms with Crippen LogP contribution in [0.2, 0.25) is 0 Å². The van der Waals surface area contributed by atoms with E-state index in [1.807, 2.05) is 24.3 Å². The van der Waals surface area contributed by atoms with Crippen molar-refractivity contribution >= 4 is 29.3 Å². The predicted molar refractivity (Wildman–Crippen MR) is 137 cm³/mol. The molecule has 0 unspecified atom stereocenters. The van der Waals surface area contributed by atoms with Gasteiger partial charge in [-0.2, -0.15) is 0 Å². The number of hydrogen-bond donors (Lipinski definition) is 1. The van der Waals surface area contributed by atoms with Crippen LogP contribution in [0.15, 0.2) is 76.5 Å². The summed E-state index contributed by atoms with van der Waals surface area (Å²) in [6.07, 6.45) is 2.23. The molecule has 2 aliphatic rings. The Morgan fingerprint density at radius 2 is 1.89 bits per heavy atom. The van der Waals surface area contributed by atoms with Crippen molar-refractivity contribution in [1.29, 1.82) is 0 Å². The highest BCUT2D eigenvalue weighted by molar-refractivity contribution is 7.99. The molecule has 0 spiro atoms. The van der Waals surface area contributed by atoms with Gasteiger partial charge in [-0.15, -0.1) is 0 Å². The number of rotatable bonds is 6. The van der Waals surface area contributed by atoms with E-state index in [0.29, 0.717) is 35.0 Å². The molecule has 1 fully saturated rings. The number of nitrogens with one attached hydrogen (secondary N) is 1. The molecule has 1 saturated heterocycles. The van der Waals surface area contributed by atoms with Gasteiger partial charge in [-0.1, -0.05) is 49.0 Å². The van der Waals surface area contributed by atoms with Crippen LogP contribution in [0.1, 0.15) is 46.0 Å². The summed E-state index contributed by atoms with van der Waals surface area (Å²) >= 11 is 1.49. The molecule has 3 aromatic rings. The number of fused-ring (bicyclic) bond motifs is 2. The summed E-state index contributed by atoms with van der Waals surface area (Å²) in [6.45, 7) is 4.86. The Hall–Kier alpha value is -3.16. The molecular formula is C28H28FN3O2S. The van der Waals surface area contributed by atoms with Crippen LogP contribution in [0.4, 0.5) is 10.1 Å². The Kier molecular flexibility index (Phi) is 6.88. The lowest BCUT2D eigenvalue weighted by Crippen LogP contribution is -2.40. The van der Waals surface area contributed by atoms with Crippen LogP contribution in [-0.2, 0) is 6.54 Å². The van der Waals surface area contributed by atoms with Gasteiger partial charge < -0.3 is 10.2 Å². The summed E-state index contributed by atoms with van der Waals surface area (Å²) < 4.78 is 14.6. The zero-order valence-electron chi connectivity index (χ0n) is 19.7. The van der Waals surface area contributed by atoms with E-state index in [4.69, 9.17) is 0 Å². The van der Waals surface area contributed by atoms with Crippen LogP contribution in [0.25, 0.3) is 0 Å². The summed E-state index contributed by atoms with van der Waals surface area (Å²) in [7, 11) is 0. The average Bonchev–Trinajstić information content (AvgIpc) is 3.30. The monoisotopic (exact) mass is 489 g/mol. The van der Waals surface area contributed by atoms with E-state index in [1.165, 1.54) is 17.8 Å². The number of carbonyl (C=O) groups is 2. The van der Waals surface area contributed by atoms with Crippen molar-refractivity contribution in [1.82, 2.24) is 10.2 Å². The van der Waals surface area contributed by atoms with E-state index in [2.05, 4.69) is 17.1 Å². The molecule has 3 aromatic carbocycles. The maximum atomic E-state index is 14.6. The highest BCUT2D eigenvalue weighted by atomic mass is 32.2. The largest absolute Gasteiger partial charge is 0.350 e. The summed E-state index contributed by atoms with van der Waals surface area (Å²) in [5.41, 5.74) is 2.09. The van der Waals surface area contributed by atoms with Crippen molar-refractivity contribution in [3.8, 4) is 0 Å². The molecule has 5 rings (SSSR count). The van der Waals surface area contributed by atoms with Gasteiger partial charge in [-0.05, 0) is 62.3 Å². The molecule has 0 aliphatic carbocycles. The van der Waals surface area contributed by atoms with Gasteiger partial charge in [0.15, 0.2) is 0 Å². The van der Waals surface area contributed by atoms with Crippen LogP contribution in [0, 0.1) is 5.82 Å². The summed E-state index contributed by atoms with van der Waals surface area (Å²) in [4.78, 5) is 32.4. The topological polar surface area (TPSA) is 52.7 Å². The number of hydrogen-bond acceptors (Lipinski definition) is 4. The normalized spacial score (nSPS) is 17.6. The fourth-order valence-electron chi connectivity index (χ4n) is 4.87. The van der Waals surface area contributed by atoms with Crippen molar-refractivity contribution in [2.45, 2.75) is 42.1 Å². The van der Waals surface area contributed by atoms with Gasteiger partial charge in [0.25, 0.3) is 11.8 Å². The number of benzene rings is 3. The van der Waals surface area contributed by atoms with Crippen molar-refractivity contribution in [2.75, 3.05) is 24.5 Å². The first-order chi connectivity index (χ1) is 17.0. The summed E-state index contributed by atoms with van der Waals surface area (Å²) in [5.74, 6) is -0.740. The molecule has 180 valence electrons. The Bertz CT molecular complexity index is 1260. The predicted octanol–water partition coefficient (Wildman–Crippen LogP) is 5.35. The van der Waals surface area contributed by atoms with E-state index in [1.54, 1.807) is 41.3 Å². The molecule has 2 amide bonds. The summed E-state index contributed by atoms with van der Waals surface area (Å²) in [5, 5.41) is 3.08. The number of carbonyl (C=O) groups excluding carboxylic acids is 2. The molecule has 35 heavy (non-hydrogen) atoms. The van der Waals surface area contributed by atoms with E-state index in [-0.39, 0.29) is 24.2 Å². The standard InChI is InChI=1S/C28H28FN3O2S/c1-2-31-15-7-9-21(31)17-30-27(33)19-13-14-26-24(16-19)32(18-20-8-3-5-11-23(20)29)28(34)22-10-4-6-12-25(22)35-26/h3-6,8,10-14,16,21H,2,7,9,15,17-18H2,1H3,(H,30,33)/t21-/m1/s1. The number of amides is 2. The van der Waals surface area contributed by atoms with Crippen LogP contribution >= 0.6 is 11.8 Å². The van der Waals surface area contributed by atoms with Gasteiger partial charge in [0.1, 0.15) is 5.82 Å². The first kappa shape index (κ1) is 23.6. The Morgan fingerprint density at radius 1 is 1.09 bits per heavy atom. The van der Waals surface area contributed by atoms with Crippen molar-refractivity contribution < 1.29 is 14.0 Å². The molecule has 7 heteroatoms. The fraction of sp³-hybridized carbons (Fsp3) is 0.286. The molecule has 1 N–H and O–H groups in total. The average molecular weight is 490 g/mol. The lowest BCUT2D eigenvalue weighted by molar-refractivity contribution is 0.0938. The van der Waals surface area contributed by atoms with Gasteiger partial charge in [0.05, 0.1) is 17.8 Å². The number of halogens is 1. The second kappa shape index (κ2) is 10.2. The fourth-order valence-corrected chi connectivity index (χ4v) is 5.93. The first-order valence-electron chi connectivity index (χ1n) is 12.0. The van der Waals surface area contributed by atoms with E-state index in [9.17, 15) is 14.0 Å². The minimum Gasteiger partial charge on any atom is -0.350 e. The lowest BCUT2D eigenvalue weighted by Gasteiger charge is -2.25. The second-order valence-electron chi connectivity index (χ2n) is 8.90. The minimum absolute atomic E-state index is 0.0754. The van der Waals surface area contributed by atoms with Crippen molar-refractivity contribution in [2.24, 2.45) is 0 Å². The van der Waals surface area contributed by atoms with Crippen LogP contribution in [0.5, 0.6) is 0 Å². The van der Waals surface area contributed by atoms with Gasteiger partial charge in [-0.3, -0.25) is 14.5 Å². The third kappa shape index (κ3) is 4.83. The van der Waals surface area contributed by atoms with Crippen LogP contribution < -0.4 is 10.2 Å². The van der Waals surface area contributed by atoms with Gasteiger partial charge >= 0.3 is 0 Å². The third-order valence-electron chi connectivity index (χ3n) is 6.78. The van der Waals surface area contributed by atoms with Gasteiger partial charge in [-0.25, -0.2) is 4.39 Å². The molecular weight excluding hydrogens is 461 g/mol. The molecule has 2 heterocycles. The Labute approximate surface area is 209 Å². The smallest absolute Gasteiger partial charge is 0.259 e. The number of anilines is 1. The number of likely N-dealkylation sites (tertiary alicyclic amines) is 1. The van der Waals surface area contributed by atoms with Gasteiger partial charge in [0.2, 0.25) is 0 Å². The summed E-state index contributed by atoms with van der Waals surface area (Å²) in [6, 6.07) is 19.7.